The third-order valence-electron chi connectivity index (χ3n) is 5.42. The van der Waals surface area contributed by atoms with Crippen molar-refractivity contribution in [2.75, 3.05) is 6.61 Å². The number of rotatable bonds is 9. The van der Waals surface area contributed by atoms with E-state index in [0.717, 1.165) is 21.2 Å². The molecule has 1 unspecified atom stereocenters. The Kier molecular flexibility index (Phi) is 9.10. The van der Waals surface area contributed by atoms with Crippen LogP contribution >= 0.6 is 15.9 Å². The average molecular weight is 537 g/mol. The minimum Gasteiger partial charge on any atom is -0.484 e. The Balaban J connectivity index is 1.91. The summed E-state index contributed by atoms with van der Waals surface area (Å²) in [5.74, 6) is 0.173. The van der Waals surface area contributed by atoms with Crippen LogP contribution in [0.15, 0.2) is 83.3 Å². The first-order chi connectivity index (χ1) is 16.6. The van der Waals surface area contributed by atoms with Crippen molar-refractivity contribution in [2.24, 2.45) is 0 Å². The second kappa shape index (κ2) is 12.0. The fourth-order valence-corrected chi connectivity index (χ4v) is 3.92. The summed E-state index contributed by atoms with van der Waals surface area (Å²) in [7, 11) is 0. The molecule has 5 nitrogen and oxygen atoms in total. The maximum atomic E-state index is 13.6. The molecule has 0 aliphatic carbocycles. The molecular weight excluding hydrogens is 504 g/mol. The number of amides is 2. The Labute approximate surface area is 216 Å². The minimum atomic E-state index is -0.700. The molecule has 0 aliphatic rings. The molecule has 3 aromatic carbocycles. The zero-order valence-electron chi connectivity index (χ0n) is 20.8. The van der Waals surface area contributed by atoms with E-state index < -0.39 is 11.6 Å². The van der Waals surface area contributed by atoms with E-state index in [1.54, 1.807) is 4.90 Å². The highest BCUT2D eigenvalue weighted by atomic mass is 79.9. The van der Waals surface area contributed by atoms with Crippen LogP contribution in [0.4, 0.5) is 0 Å². The van der Waals surface area contributed by atoms with Gasteiger partial charge in [-0.1, -0.05) is 76.1 Å². The highest BCUT2D eigenvalue weighted by Crippen LogP contribution is 2.19. The van der Waals surface area contributed by atoms with Gasteiger partial charge in [-0.15, -0.1) is 0 Å². The van der Waals surface area contributed by atoms with Gasteiger partial charge in [0, 0.05) is 23.0 Å². The molecule has 184 valence electrons. The number of hydrogen-bond donors (Lipinski definition) is 1. The van der Waals surface area contributed by atoms with Crippen LogP contribution in [0.5, 0.6) is 5.75 Å². The Morgan fingerprint density at radius 1 is 0.914 bits per heavy atom. The molecule has 0 aliphatic heterocycles. The number of hydrogen-bond acceptors (Lipinski definition) is 3. The summed E-state index contributed by atoms with van der Waals surface area (Å²) in [5, 5.41) is 3.07. The van der Waals surface area contributed by atoms with Crippen molar-refractivity contribution in [2.45, 2.75) is 52.2 Å². The number of carbonyl (C=O) groups is 2. The Bertz CT molecular complexity index is 1110. The summed E-state index contributed by atoms with van der Waals surface area (Å²) in [6, 6.07) is 24.4. The van der Waals surface area contributed by atoms with Gasteiger partial charge in [-0.2, -0.15) is 0 Å². The lowest BCUT2D eigenvalue weighted by Gasteiger charge is -2.33. The fraction of sp³-hybridized carbons (Fsp3) is 0.310. The normalized spacial score (nSPS) is 12.0. The van der Waals surface area contributed by atoms with E-state index >= 15 is 0 Å². The van der Waals surface area contributed by atoms with Crippen LogP contribution in [-0.2, 0) is 22.6 Å². The number of carbonyl (C=O) groups excluding carboxylic acids is 2. The zero-order chi connectivity index (χ0) is 25.4. The van der Waals surface area contributed by atoms with Crippen LogP contribution in [0.1, 0.15) is 37.5 Å². The van der Waals surface area contributed by atoms with Crippen LogP contribution in [0.25, 0.3) is 0 Å². The molecule has 0 saturated heterocycles. The molecule has 0 aromatic heterocycles. The number of ether oxygens (including phenoxy) is 1. The number of benzene rings is 3. The van der Waals surface area contributed by atoms with E-state index in [9.17, 15) is 9.59 Å². The van der Waals surface area contributed by atoms with Crippen LogP contribution in [0.3, 0.4) is 0 Å². The molecule has 35 heavy (non-hydrogen) atoms. The number of nitrogens with zero attached hydrogens (tertiary/aromatic N) is 1. The molecule has 0 spiro atoms. The summed E-state index contributed by atoms with van der Waals surface area (Å²) < 4.78 is 6.76. The highest BCUT2D eigenvalue weighted by molar-refractivity contribution is 9.10. The molecule has 1 atom stereocenters. The van der Waals surface area contributed by atoms with E-state index in [4.69, 9.17) is 4.74 Å². The number of aryl methyl sites for hydroxylation is 1. The first kappa shape index (κ1) is 26.5. The molecule has 0 bridgehead atoms. The van der Waals surface area contributed by atoms with E-state index in [1.807, 2.05) is 107 Å². The van der Waals surface area contributed by atoms with Crippen molar-refractivity contribution in [3.63, 3.8) is 0 Å². The lowest BCUT2D eigenvalue weighted by molar-refractivity contribution is -0.143. The Morgan fingerprint density at radius 3 is 2.14 bits per heavy atom. The van der Waals surface area contributed by atoms with Crippen molar-refractivity contribution < 1.29 is 14.3 Å². The lowest BCUT2D eigenvalue weighted by atomic mass is 10.0. The molecule has 0 fully saturated rings. The smallest absolute Gasteiger partial charge is 0.261 e. The third-order valence-corrected chi connectivity index (χ3v) is 5.95. The van der Waals surface area contributed by atoms with E-state index in [2.05, 4.69) is 21.2 Å². The molecule has 3 aromatic rings. The fourth-order valence-electron chi connectivity index (χ4n) is 3.66. The lowest BCUT2D eigenvalue weighted by Crippen LogP contribution is -2.55. The van der Waals surface area contributed by atoms with Gasteiger partial charge in [-0.25, -0.2) is 0 Å². The molecule has 0 heterocycles. The van der Waals surface area contributed by atoms with Crippen molar-refractivity contribution >= 4 is 27.7 Å². The van der Waals surface area contributed by atoms with Gasteiger partial charge in [0.25, 0.3) is 5.91 Å². The standard InChI is InChI=1S/C29H33BrN2O3/c1-21-10-16-25(17-11-21)35-20-27(33)32(19-23-12-14-24(30)15-13-23)26(28(34)31-29(2,3)4)18-22-8-6-5-7-9-22/h5-17,26H,18-20H2,1-4H3,(H,31,34). The predicted molar refractivity (Wildman–Crippen MR) is 143 cm³/mol. The predicted octanol–water partition coefficient (Wildman–Crippen LogP) is 5.69. The molecule has 6 heteroatoms. The quantitative estimate of drug-likeness (QED) is 0.382. The Hall–Kier alpha value is -3.12. The van der Waals surface area contributed by atoms with Crippen molar-refractivity contribution in [1.82, 2.24) is 10.2 Å². The first-order valence-corrected chi connectivity index (χ1v) is 12.5. The largest absolute Gasteiger partial charge is 0.484 e. The zero-order valence-corrected chi connectivity index (χ0v) is 22.3. The van der Waals surface area contributed by atoms with E-state index in [1.165, 1.54) is 0 Å². The molecule has 2 amide bonds. The third kappa shape index (κ3) is 8.55. The number of halogens is 1. The Morgan fingerprint density at radius 2 is 1.54 bits per heavy atom. The van der Waals surface area contributed by atoms with Gasteiger partial charge in [0.05, 0.1) is 0 Å². The van der Waals surface area contributed by atoms with Gasteiger partial charge in [-0.3, -0.25) is 9.59 Å². The SMILES string of the molecule is Cc1ccc(OCC(=O)N(Cc2ccc(Br)cc2)C(Cc2ccccc2)C(=O)NC(C)(C)C)cc1. The molecular formula is C29H33BrN2O3. The number of nitrogens with one attached hydrogen (secondary N) is 1. The average Bonchev–Trinajstić information content (AvgIpc) is 2.81. The molecule has 0 radical (unpaired) electrons. The summed E-state index contributed by atoms with van der Waals surface area (Å²) in [6.45, 7) is 7.94. The van der Waals surface area contributed by atoms with Gasteiger partial charge < -0.3 is 15.0 Å². The molecule has 3 rings (SSSR count). The summed E-state index contributed by atoms with van der Waals surface area (Å²) in [6.07, 6.45) is 0.398. The summed E-state index contributed by atoms with van der Waals surface area (Å²) in [5.41, 5.74) is 2.59. The maximum Gasteiger partial charge on any atom is 0.261 e. The summed E-state index contributed by atoms with van der Waals surface area (Å²) >= 11 is 3.46. The van der Waals surface area contributed by atoms with E-state index in [0.29, 0.717) is 18.7 Å². The van der Waals surface area contributed by atoms with Crippen molar-refractivity contribution in [3.8, 4) is 5.75 Å². The second-order valence-corrected chi connectivity index (χ2v) is 10.6. The van der Waals surface area contributed by atoms with Crippen LogP contribution < -0.4 is 10.1 Å². The van der Waals surface area contributed by atoms with Gasteiger partial charge in [0.2, 0.25) is 5.91 Å². The van der Waals surface area contributed by atoms with Crippen molar-refractivity contribution in [1.29, 1.82) is 0 Å². The summed E-state index contributed by atoms with van der Waals surface area (Å²) in [4.78, 5) is 28.7. The maximum absolute atomic E-state index is 13.6. The molecule has 0 saturated carbocycles. The van der Waals surface area contributed by atoms with Crippen LogP contribution in [0.2, 0.25) is 0 Å². The van der Waals surface area contributed by atoms with Crippen LogP contribution in [-0.4, -0.2) is 34.9 Å². The first-order valence-electron chi connectivity index (χ1n) is 11.7. The van der Waals surface area contributed by atoms with Gasteiger partial charge in [-0.05, 0) is 63.1 Å². The van der Waals surface area contributed by atoms with Crippen molar-refractivity contribution in [3.05, 3.63) is 100 Å². The van der Waals surface area contributed by atoms with Gasteiger partial charge in [0.15, 0.2) is 6.61 Å². The van der Waals surface area contributed by atoms with Gasteiger partial charge >= 0.3 is 0 Å². The molecule has 1 N–H and O–H groups in total. The van der Waals surface area contributed by atoms with E-state index in [-0.39, 0.29) is 18.4 Å². The second-order valence-electron chi connectivity index (χ2n) is 9.69. The minimum absolute atomic E-state index is 0.159. The monoisotopic (exact) mass is 536 g/mol. The highest BCUT2D eigenvalue weighted by Gasteiger charge is 2.32. The topological polar surface area (TPSA) is 58.6 Å². The van der Waals surface area contributed by atoms with Gasteiger partial charge in [0.1, 0.15) is 11.8 Å². The van der Waals surface area contributed by atoms with Crippen LogP contribution in [0, 0.1) is 6.92 Å².